The molecular weight excluding hydrogens is 291 g/mol. The molecule has 17 heavy (non-hydrogen) atoms. The van der Waals surface area contributed by atoms with Crippen LogP contribution in [0.4, 0.5) is 4.39 Å². The van der Waals surface area contributed by atoms with Gasteiger partial charge in [0.15, 0.2) is 0 Å². The first-order chi connectivity index (χ1) is 8.06. The van der Waals surface area contributed by atoms with Crippen LogP contribution >= 0.6 is 15.9 Å². The van der Waals surface area contributed by atoms with Crippen LogP contribution in [0.5, 0.6) is 5.88 Å². The summed E-state index contributed by atoms with van der Waals surface area (Å²) in [6.45, 7) is 0. The Balaban J connectivity index is 2.30. The second kappa shape index (κ2) is 4.67. The fourth-order valence-corrected chi connectivity index (χ4v) is 1.56. The Labute approximate surface area is 104 Å². The van der Waals surface area contributed by atoms with Crippen LogP contribution in [0.3, 0.4) is 0 Å². The average molecular weight is 299 g/mol. The minimum atomic E-state index is -0.449. The van der Waals surface area contributed by atoms with Crippen molar-refractivity contribution in [2.45, 2.75) is 6.42 Å². The van der Waals surface area contributed by atoms with Gasteiger partial charge in [-0.15, -0.1) is 0 Å². The van der Waals surface area contributed by atoms with Crippen molar-refractivity contribution < 1.29 is 9.50 Å². The van der Waals surface area contributed by atoms with Gasteiger partial charge in [0, 0.05) is 6.42 Å². The number of halogens is 2. The molecule has 2 N–H and O–H groups in total. The molecule has 0 amide bonds. The summed E-state index contributed by atoms with van der Waals surface area (Å²) in [5.41, 5.74) is 0.339. The Hall–Kier alpha value is -1.69. The highest BCUT2D eigenvalue weighted by Gasteiger charge is 2.07. The zero-order valence-electron chi connectivity index (χ0n) is 8.58. The largest absolute Gasteiger partial charge is 0.492 e. The quantitative estimate of drug-likeness (QED) is 0.891. The maximum atomic E-state index is 12.7. The Morgan fingerprint density at radius 3 is 2.59 bits per heavy atom. The number of aromatic amines is 1. The van der Waals surface area contributed by atoms with E-state index in [0.29, 0.717) is 12.2 Å². The predicted octanol–water partition coefficient (Wildman–Crippen LogP) is 1.97. The molecule has 6 heteroatoms. The fraction of sp³-hybridized carbons (Fsp3) is 0.0909. The van der Waals surface area contributed by atoms with Crippen molar-refractivity contribution in [1.29, 1.82) is 0 Å². The van der Waals surface area contributed by atoms with E-state index in [1.54, 1.807) is 12.1 Å². The van der Waals surface area contributed by atoms with E-state index in [2.05, 4.69) is 25.9 Å². The first kappa shape index (κ1) is 11.8. The lowest BCUT2D eigenvalue weighted by Gasteiger charge is -2.02. The van der Waals surface area contributed by atoms with Gasteiger partial charge >= 0.3 is 0 Å². The molecular formula is C11H8BrFN2O2. The molecule has 0 atom stereocenters. The van der Waals surface area contributed by atoms with Gasteiger partial charge < -0.3 is 10.1 Å². The van der Waals surface area contributed by atoms with Crippen molar-refractivity contribution in [3.8, 4) is 5.88 Å². The summed E-state index contributed by atoms with van der Waals surface area (Å²) in [6, 6.07) is 5.83. The topological polar surface area (TPSA) is 66.0 Å². The smallest absolute Gasteiger partial charge is 0.269 e. The van der Waals surface area contributed by atoms with E-state index in [0.717, 1.165) is 5.56 Å². The van der Waals surface area contributed by atoms with Crippen LogP contribution in [0, 0.1) is 5.82 Å². The number of rotatable bonds is 2. The summed E-state index contributed by atoms with van der Waals surface area (Å²) >= 11 is 2.90. The number of benzene rings is 1. The number of hydrogen-bond acceptors (Lipinski definition) is 3. The van der Waals surface area contributed by atoms with E-state index < -0.39 is 5.56 Å². The van der Waals surface area contributed by atoms with E-state index in [1.165, 1.54) is 12.1 Å². The van der Waals surface area contributed by atoms with Crippen LogP contribution in [-0.4, -0.2) is 15.1 Å². The standard InChI is InChI=1S/C11H8BrFN2O2/c12-9-10(16)14-8(15-11(9)17)5-6-1-3-7(13)4-2-6/h1-4H,5H2,(H2,14,15,16,17). The number of aromatic nitrogens is 2. The average Bonchev–Trinajstić information content (AvgIpc) is 2.29. The van der Waals surface area contributed by atoms with Gasteiger partial charge in [0.2, 0.25) is 5.88 Å². The molecule has 4 nitrogen and oxygen atoms in total. The van der Waals surface area contributed by atoms with Crippen molar-refractivity contribution in [2.75, 3.05) is 0 Å². The van der Waals surface area contributed by atoms with Gasteiger partial charge in [-0.1, -0.05) is 12.1 Å². The van der Waals surface area contributed by atoms with Crippen LogP contribution in [-0.2, 0) is 6.42 Å². The lowest BCUT2D eigenvalue weighted by molar-refractivity contribution is 0.444. The SMILES string of the molecule is O=c1[nH]c(Cc2ccc(F)cc2)nc(O)c1Br. The minimum Gasteiger partial charge on any atom is -0.492 e. The van der Waals surface area contributed by atoms with Crippen molar-refractivity contribution in [3.05, 3.63) is 56.3 Å². The molecule has 0 aliphatic carbocycles. The number of nitrogens with one attached hydrogen (secondary N) is 1. The second-order valence-corrected chi connectivity index (χ2v) is 4.25. The number of nitrogens with zero attached hydrogens (tertiary/aromatic N) is 1. The number of hydrogen-bond donors (Lipinski definition) is 2. The van der Waals surface area contributed by atoms with Crippen LogP contribution in [0.15, 0.2) is 33.5 Å². The van der Waals surface area contributed by atoms with Crippen LogP contribution in [0.25, 0.3) is 0 Å². The van der Waals surface area contributed by atoms with E-state index in [1.807, 2.05) is 0 Å². The highest BCUT2D eigenvalue weighted by Crippen LogP contribution is 2.16. The summed E-state index contributed by atoms with van der Waals surface area (Å²) in [5, 5.41) is 9.37. The van der Waals surface area contributed by atoms with Crippen LogP contribution < -0.4 is 5.56 Å². The van der Waals surface area contributed by atoms with E-state index >= 15 is 0 Å². The molecule has 0 bridgehead atoms. The van der Waals surface area contributed by atoms with Gasteiger partial charge in [0.25, 0.3) is 5.56 Å². The summed E-state index contributed by atoms with van der Waals surface area (Å²) in [7, 11) is 0. The van der Waals surface area contributed by atoms with Crippen LogP contribution in [0.1, 0.15) is 11.4 Å². The van der Waals surface area contributed by atoms with Gasteiger partial charge in [0.05, 0.1) is 0 Å². The molecule has 0 unspecified atom stereocenters. The minimum absolute atomic E-state index is 0.000330. The molecule has 1 aromatic heterocycles. The van der Waals surface area contributed by atoms with Crippen molar-refractivity contribution >= 4 is 15.9 Å². The Morgan fingerprint density at radius 2 is 2.00 bits per heavy atom. The van der Waals surface area contributed by atoms with Gasteiger partial charge in [0.1, 0.15) is 16.1 Å². The summed E-state index contributed by atoms with van der Waals surface area (Å²) < 4.78 is 12.7. The zero-order valence-corrected chi connectivity index (χ0v) is 10.2. The molecule has 1 heterocycles. The van der Waals surface area contributed by atoms with Gasteiger partial charge in [-0.3, -0.25) is 4.79 Å². The number of H-pyrrole nitrogens is 1. The Morgan fingerprint density at radius 1 is 1.35 bits per heavy atom. The molecule has 0 spiro atoms. The zero-order chi connectivity index (χ0) is 12.4. The van der Waals surface area contributed by atoms with Gasteiger partial charge in [-0.05, 0) is 33.6 Å². The monoisotopic (exact) mass is 298 g/mol. The molecule has 0 aliphatic rings. The Kier molecular flexibility index (Phi) is 3.23. The molecule has 0 aliphatic heterocycles. The summed E-state index contributed by atoms with van der Waals surface area (Å²) in [5.74, 6) is -0.359. The predicted molar refractivity (Wildman–Crippen MR) is 63.4 cm³/mol. The normalized spacial score (nSPS) is 10.5. The third-order valence-electron chi connectivity index (χ3n) is 2.18. The van der Waals surface area contributed by atoms with E-state index in [9.17, 15) is 14.3 Å². The summed E-state index contributed by atoms with van der Waals surface area (Å²) in [4.78, 5) is 17.7. The Bertz CT molecular complexity index is 595. The molecule has 0 radical (unpaired) electrons. The fourth-order valence-electron chi connectivity index (χ4n) is 1.37. The highest BCUT2D eigenvalue weighted by atomic mass is 79.9. The highest BCUT2D eigenvalue weighted by molar-refractivity contribution is 9.10. The molecule has 2 rings (SSSR count). The first-order valence-electron chi connectivity index (χ1n) is 4.78. The van der Waals surface area contributed by atoms with Gasteiger partial charge in [-0.25, -0.2) is 4.39 Å². The third-order valence-corrected chi connectivity index (χ3v) is 2.89. The molecule has 2 aromatic rings. The van der Waals surface area contributed by atoms with Gasteiger partial charge in [-0.2, -0.15) is 4.98 Å². The number of aromatic hydroxyl groups is 1. The lowest BCUT2D eigenvalue weighted by Crippen LogP contribution is -2.12. The lowest BCUT2D eigenvalue weighted by atomic mass is 10.1. The van der Waals surface area contributed by atoms with Crippen molar-refractivity contribution in [3.63, 3.8) is 0 Å². The maximum absolute atomic E-state index is 12.7. The van der Waals surface area contributed by atoms with Crippen LogP contribution in [0.2, 0.25) is 0 Å². The molecule has 0 saturated heterocycles. The van der Waals surface area contributed by atoms with Crippen molar-refractivity contribution in [1.82, 2.24) is 9.97 Å². The van der Waals surface area contributed by atoms with Crippen molar-refractivity contribution in [2.24, 2.45) is 0 Å². The molecule has 0 fully saturated rings. The first-order valence-corrected chi connectivity index (χ1v) is 5.57. The third kappa shape index (κ3) is 2.71. The van der Waals surface area contributed by atoms with E-state index in [-0.39, 0.29) is 16.2 Å². The molecule has 0 saturated carbocycles. The molecule has 88 valence electrons. The van der Waals surface area contributed by atoms with E-state index in [4.69, 9.17) is 0 Å². The maximum Gasteiger partial charge on any atom is 0.269 e. The summed E-state index contributed by atoms with van der Waals surface area (Å²) in [6.07, 6.45) is 0.316. The second-order valence-electron chi connectivity index (χ2n) is 3.45. The molecule has 1 aromatic carbocycles.